The zero-order valence-corrected chi connectivity index (χ0v) is 21.7. The van der Waals surface area contributed by atoms with E-state index in [1.807, 2.05) is 45.4 Å². The predicted molar refractivity (Wildman–Crippen MR) is 137 cm³/mol. The Morgan fingerprint density at radius 1 is 1.09 bits per heavy atom. The van der Waals surface area contributed by atoms with Crippen molar-refractivity contribution in [3.8, 4) is 0 Å². The molecule has 2 aromatic heterocycles. The number of hydrogen-bond acceptors (Lipinski definition) is 6. The number of fused-ring (bicyclic) bond motifs is 2. The van der Waals surface area contributed by atoms with Gasteiger partial charge in [-0.2, -0.15) is 4.31 Å². The first-order valence-corrected chi connectivity index (χ1v) is 13.5. The van der Waals surface area contributed by atoms with E-state index >= 15 is 0 Å². The zero-order valence-electron chi connectivity index (χ0n) is 20.0. The molecule has 10 heteroatoms. The van der Waals surface area contributed by atoms with Crippen LogP contribution in [0.1, 0.15) is 37.2 Å². The molecule has 4 aromatic rings. The van der Waals surface area contributed by atoms with Gasteiger partial charge in [-0.1, -0.05) is 37.3 Å². The van der Waals surface area contributed by atoms with E-state index in [-0.39, 0.29) is 17.2 Å². The molecule has 1 amide bonds. The molecular formula is C24H29N5O3S2. The fraction of sp³-hybridized carbons (Fsp3) is 0.375. The number of anilines is 1. The summed E-state index contributed by atoms with van der Waals surface area (Å²) in [5.41, 5.74) is 4.57. The van der Waals surface area contributed by atoms with Gasteiger partial charge in [-0.15, -0.1) is 0 Å². The van der Waals surface area contributed by atoms with E-state index in [4.69, 9.17) is 0 Å². The van der Waals surface area contributed by atoms with Gasteiger partial charge in [-0.3, -0.25) is 4.79 Å². The summed E-state index contributed by atoms with van der Waals surface area (Å²) >= 11 is 1.48. The van der Waals surface area contributed by atoms with Crippen molar-refractivity contribution in [1.29, 1.82) is 0 Å². The molecule has 8 nitrogen and oxygen atoms in total. The van der Waals surface area contributed by atoms with Crippen LogP contribution in [0, 0.1) is 13.8 Å². The van der Waals surface area contributed by atoms with Crippen molar-refractivity contribution in [3.05, 3.63) is 47.3 Å². The van der Waals surface area contributed by atoms with E-state index in [0.29, 0.717) is 30.2 Å². The van der Waals surface area contributed by atoms with Crippen LogP contribution in [0.4, 0.5) is 5.13 Å². The summed E-state index contributed by atoms with van der Waals surface area (Å²) in [6, 6.07) is 9.09. The van der Waals surface area contributed by atoms with Crippen LogP contribution in [0.3, 0.4) is 0 Å². The van der Waals surface area contributed by atoms with Gasteiger partial charge in [0.1, 0.15) is 5.82 Å². The van der Waals surface area contributed by atoms with Crippen molar-refractivity contribution >= 4 is 53.6 Å². The lowest BCUT2D eigenvalue weighted by Crippen LogP contribution is -2.30. The molecule has 0 fully saturated rings. The molecular weight excluding hydrogens is 470 g/mol. The molecule has 0 saturated heterocycles. The van der Waals surface area contributed by atoms with Gasteiger partial charge in [0.15, 0.2) is 5.13 Å². The number of amides is 1. The Morgan fingerprint density at radius 3 is 2.47 bits per heavy atom. The van der Waals surface area contributed by atoms with Gasteiger partial charge < -0.3 is 9.88 Å². The number of thiazole rings is 1. The highest BCUT2D eigenvalue weighted by atomic mass is 32.2. The van der Waals surface area contributed by atoms with E-state index in [1.165, 1.54) is 15.6 Å². The van der Waals surface area contributed by atoms with Crippen LogP contribution < -0.4 is 5.32 Å². The van der Waals surface area contributed by atoms with E-state index < -0.39 is 10.0 Å². The maximum absolute atomic E-state index is 12.9. The average Bonchev–Trinajstić information content (AvgIpc) is 3.37. The van der Waals surface area contributed by atoms with Crippen molar-refractivity contribution in [2.75, 3.05) is 18.4 Å². The minimum absolute atomic E-state index is 0.133. The number of nitrogens with one attached hydrogen (secondary N) is 1. The Morgan fingerprint density at radius 2 is 1.79 bits per heavy atom. The summed E-state index contributed by atoms with van der Waals surface area (Å²) in [6.45, 7) is 8.51. The van der Waals surface area contributed by atoms with Crippen LogP contribution in [-0.2, 0) is 28.3 Å². The first-order valence-electron chi connectivity index (χ1n) is 11.3. The second-order valence-corrected chi connectivity index (χ2v) is 11.2. The molecule has 0 radical (unpaired) electrons. The number of hydrogen-bond donors (Lipinski definition) is 1. The molecule has 0 unspecified atom stereocenters. The molecule has 0 spiro atoms. The third-order valence-corrected chi connectivity index (χ3v) is 9.20. The average molecular weight is 500 g/mol. The van der Waals surface area contributed by atoms with Crippen LogP contribution >= 0.6 is 11.3 Å². The molecule has 180 valence electrons. The molecule has 2 aromatic carbocycles. The third kappa shape index (κ3) is 4.45. The Kier molecular flexibility index (Phi) is 6.75. The maximum atomic E-state index is 12.9. The molecule has 0 aliphatic carbocycles. The standard InChI is InChI=1S/C24H29N5O3S2/c1-6-29(7-2)34(31,32)17-10-11-19-18(14-17)25-20(28(19)5)12-13-21(30)26-24-27-22-15(3)8-9-16(4)23(22)33-24/h8-11,14H,6-7,12-13H2,1-5H3,(H,26,27,30). The van der Waals surface area contributed by atoms with Crippen molar-refractivity contribution < 1.29 is 13.2 Å². The van der Waals surface area contributed by atoms with E-state index in [1.54, 1.807) is 18.2 Å². The highest BCUT2D eigenvalue weighted by Crippen LogP contribution is 2.31. The molecule has 0 bridgehead atoms. The SMILES string of the molecule is CCN(CC)S(=O)(=O)c1ccc2c(c1)nc(CCC(=O)Nc1nc3c(C)ccc(C)c3s1)n2C. The van der Waals surface area contributed by atoms with Crippen molar-refractivity contribution in [1.82, 2.24) is 18.8 Å². The Bertz CT molecular complexity index is 1440. The molecule has 4 rings (SSSR count). The Labute approximate surface area is 203 Å². The lowest BCUT2D eigenvalue weighted by molar-refractivity contribution is -0.116. The Balaban J connectivity index is 1.50. The number of aromatic nitrogens is 3. The van der Waals surface area contributed by atoms with Crippen LogP contribution in [0.2, 0.25) is 0 Å². The minimum atomic E-state index is -3.56. The summed E-state index contributed by atoms with van der Waals surface area (Å²) in [7, 11) is -1.68. The number of sulfonamides is 1. The van der Waals surface area contributed by atoms with Crippen molar-refractivity contribution in [2.45, 2.75) is 45.4 Å². The zero-order chi connectivity index (χ0) is 24.6. The van der Waals surface area contributed by atoms with Crippen molar-refractivity contribution in [3.63, 3.8) is 0 Å². The van der Waals surface area contributed by atoms with Gasteiger partial charge in [0, 0.05) is 33.0 Å². The summed E-state index contributed by atoms with van der Waals surface area (Å²) in [6.07, 6.45) is 0.674. The molecule has 1 N–H and O–H groups in total. The first kappa shape index (κ1) is 24.3. The minimum Gasteiger partial charge on any atom is -0.331 e. The van der Waals surface area contributed by atoms with Crippen LogP contribution in [0.5, 0.6) is 0 Å². The van der Waals surface area contributed by atoms with Crippen LogP contribution in [-0.4, -0.2) is 46.3 Å². The second-order valence-electron chi connectivity index (χ2n) is 8.27. The van der Waals surface area contributed by atoms with Gasteiger partial charge in [-0.05, 0) is 43.2 Å². The summed E-state index contributed by atoms with van der Waals surface area (Å²) in [5.74, 6) is 0.588. The molecule has 0 aliphatic rings. The van der Waals surface area contributed by atoms with E-state index in [2.05, 4.69) is 21.4 Å². The fourth-order valence-corrected chi connectivity index (χ4v) is 6.55. The topological polar surface area (TPSA) is 97.2 Å². The summed E-state index contributed by atoms with van der Waals surface area (Å²) in [5, 5.41) is 3.50. The fourth-order valence-electron chi connectivity index (χ4n) is 4.05. The highest BCUT2D eigenvalue weighted by molar-refractivity contribution is 7.89. The van der Waals surface area contributed by atoms with Crippen LogP contribution in [0.15, 0.2) is 35.2 Å². The maximum Gasteiger partial charge on any atom is 0.243 e. The number of carbonyl (C=O) groups excluding carboxylic acids is 1. The van der Waals surface area contributed by atoms with Crippen molar-refractivity contribution in [2.24, 2.45) is 7.05 Å². The van der Waals surface area contributed by atoms with Gasteiger partial charge >= 0.3 is 0 Å². The molecule has 34 heavy (non-hydrogen) atoms. The monoisotopic (exact) mass is 499 g/mol. The van der Waals surface area contributed by atoms with E-state index in [0.717, 1.165) is 32.7 Å². The number of nitrogens with zero attached hydrogens (tertiary/aromatic N) is 4. The molecule has 0 aliphatic heterocycles. The van der Waals surface area contributed by atoms with Gasteiger partial charge in [-0.25, -0.2) is 18.4 Å². The number of benzene rings is 2. The summed E-state index contributed by atoms with van der Waals surface area (Å²) < 4.78 is 30.1. The lowest BCUT2D eigenvalue weighted by atomic mass is 10.1. The molecule has 0 atom stereocenters. The molecule has 0 saturated carbocycles. The first-order chi connectivity index (χ1) is 16.1. The second kappa shape index (κ2) is 9.44. The van der Waals surface area contributed by atoms with Crippen LogP contribution in [0.25, 0.3) is 21.3 Å². The number of rotatable bonds is 8. The lowest BCUT2D eigenvalue weighted by Gasteiger charge is -2.18. The largest absolute Gasteiger partial charge is 0.331 e. The van der Waals surface area contributed by atoms with Gasteiger partial charge in [0.25, 0.3) is 0 Å². The van der Waals surface area contributed by atoms with E-state index in [9.17, 15) is 13.2 Å². The highest BCUT2D eigenvalue weighted by Gasteiger charge is 2.23. The Hall–Kier alpha value is -2.82. The normalized spacial score (nSPS) is 12.2. The quantitative estimate of drug-likeness (QED) is 0.388. The summed E-state index contributed by atoms with van der Waals surface area (Å²) in [4.78, 5) is 22.1. The van der Waals surface area contributed by atoms with Gasteiger partial charge in [0.2, 0.25) is 15.9 Å². The third-order valence-electron chi connectivity index (χ3n) is 6.05. The molecule has 2 heterocycles. The number of carbonyl (C=O) groups is 1. The van der Waals surface area contributed by atoms with Gasteiger partial charge in [0.05, 0.1) is 26.1 Å². The smallest absolute Gasteiger partial charge is 0.243 e. The number of imidazole rings is 1. The predicted octanol–water partition coefficient (Wildman–Crippen LogP) is 4.40. The number of aryl methyl sites for hydroxylation is 4.